The molecule has 636 valence electrons. The van der Waals surface area contributed by atoms with E-state index in [2.05, 4.69) is 10.6 Å². The van der Waals surface area contributed by atoms with E-state index in [1.54, 1.807) is 61.5 Å². The van der Waals surface area contributed by atoms with Crippen molar-refractivity contribution in [2.45, 2.75) is 230 Å². The minimum Gasteiger partial charge on any atom is -0.497 e. The Labute approximate surface area is 683 Å². The number of esters is 7. The number of hydrogen-bond acceptors (Lipinski definition) is 30. The summed E-state index contributed by atoms with van der Waals surface area (Å²) >= 11 is 0. The predicted octanol–water partition coefficient (Wildman–Crippen LogP) is 7.50. The van der Waals surface area contributed by atoms with Crippen molar-refractivity contribution in [1.82, 2.24) is 10.6 Å². The summed E-state index contributed by atoms with van der Waals surface area (Å²) in [6.45, 7) is 8.20. The van der Waals surface area contributed by atoms with Crippen molar-refractivity contribution in [3.8, 4) is 11.5 Å². The van der Waals surface area contributed by atoms with Gasteiger partial charge in [-0.2, -0.15) is 0 Å². The second-order valence-corrected chi connectivity index (χ2v) is 28.5. The van der Waals surface area contributed by atoms with Crippen molar-refractivity contribution in [1.29, 1.82) is 0 Å². The second kappa shape index (κ2) is 43.9. The van der Waals surface area contributed by atoms with Crippen LogP contribution in [0.25, 0.3) is 0 Å². The molecule has 32 heteroatoms. The SMILES string of the molecule is COC(=O)[C@@]1(O[C@H]2[C@@H](OC(C)=O)[C@@H](COCc3ccccc3)O[C@@H](O[C@H]3[C@H](O[C@@H]4O[C@@H](C)[C@@H](OCc5ccccc5)[C@@H](OCc5ccccc5)[C@@H]4OCc4ccccc4)[C@@H](NC(C)=O)[C@H](Oc4ccc(OC)cc4)O[C@@H]3COCc3ccccc3)[C@@H]2OC(C)=O)C[C@H](OC(C)=O)[C@@H](NC(C)=O)[C@H]([C@H](OC(C)=O)[C@@H](COC(C)=O)OC(C)=O)O1. The van der Waals surface area contributed by atoms with Crippen LogP contribution < -0.4 is 20.1 Å². The monoisotopic (exact) mass is 1640 g/mol. The minimum absolute atomic E-state index is 0.0305. The van der Waals surface area contributed by atoms with Gasteiger partial charge in [0.1, 0.15) is 85.2 Å². The number of methoxy groups -OCH3 is 2. The fourth-order valence-corrected chi connectivity index (χ4v) is 14.3. The van der Waals surface area contributed by atoms with Gasteiger partial charge in [-0.15, -0.1) is 0 Å². The Morgan fingerprint density at radius 1 is 0.432 bits per heavy atom. The average molecular weight is 1640 g/mol. The van der Waals surface area contributed by atoms with E-state index in [4.69, 9.17) is 99.5 Å². The van der Waals surface area contributed by atoms with Gasteiger partial charge in [-0.05, 0) is 59.0 Å². The first-order chi connectivity index (χ1) is 56.8. The van der Waals surface area contributed by atoms with E-state index in [-0.39, 0.29) is 38.8 Å². The van der Waals surface area contributed by atoms with Crippen LogP contribution in [-0.4, -0.2) is 216 Å². The molecular formula is C86H102N2O30. The smallest absolute Gasteiger partial charge is 0.366 e. The first-order valence-electron chi connectivity index (χ1n) is 38.5. The number of nitrogens with one attached hydrogen (secondary N) is 2. The van der Waals surface area contributed by atoms with Gasteiger partial charge in [-0.1, -0.05) is 152 Å². The van der Waals surface area contributed by atoms with Crippen molar-refractivity contribution >= 4 is 53.6 Å². The normalized spacial score (nSPS) is 27.2. The topological polar surface area (TPSA) is 372 Å². The summed E-state index contributed by atoms with van der Waals surface area (Å²) in [4.78, 5) is 125. The Morgan fingerprint density at radius 3 is 1.35 bits per heavy atom. The first-order valence-corrected chi connectivity index (χ1v) is 38.5. The maximum Gasteiger partial charge on any atom is 0.366 e. The van der Waals surface area contributed by atoms with Crippen LogP contribution in [-0.2, 0) is 166 Å². The highest BCUT2D eigenvalue weighted by molar-refractivity contribution is 5.79. The molecule has 0 unspecified atom stereocenters. The van der Waals surface area contributed by atoms with E-state index >= 15 is 4.79 Å². The largest absolute Gasteiger partial charge is 0.497 e. The van der Waals surface area contributed by atoms with Gasteiger partial charge in [-0.25, -0.2) is 4.79 Å². The van der Waals surface area contributed by atoms with E-state index < -0.39 is 208 Å². The molecule has 10 rings (SSSR count). The number of rotatable bonds is 38. The third-order valence-electron chi connectivity index (χ3n) is 19.3. The fraction of sp³-hybridized carbons (Fsp3) is 0.477. The van der Waals surface area contributed by atoms with Crippen LogP contribution in [0.15, 0.2) is 176 Å². The maximum atomic E-state index is 15.6. The quantitative estimate of drug-likeness (QED) is 0.0280. The van der Waals surface area contributed by atoms with Crippen molar-refractivity contribution in [3.63, 3.8) is 0 Å². The summed E-state index contributed by atoms with van der Waals surface area (Å²) in [5.74, 6) is -11.6. The molecule has 2 amide bonds. The van der Waals surface area contributed by atoms with Gasteiger partial charge in [0.05, 0.1) is 79.0 Å². The number of amides is 2. The molecule has 0 radical (unpaired) electrons. The van der Waals surface area contributed by atoms with Gasteiger partial charge >= 0.3 is 41.8 Å². The number of hydrogen-bond donors (Lipinski definition) is 2. The van der Waals surface area contributed by atoms with Crippen molar-refractivity contribution < 1.29 is 143 Å². The molecule has 6 aromatic carbocycles. The van der Waals surface area contributed by atoms with Crippen LogP contribution in [0.3, 0.4) is 0 Å². The molecule has 0 spiro atoms. The third kappa shape index (κ3) is 25.6. The molecule has 4 saturated heterocycles. The van der Waals surface area contributed by atoms with E-state index in [1.807, 2.05) is 121 Å². The first kappa shape index (κ1) is 90.0. The molecule has 4 aliphatic heterocycles. The number of benzene rings is 6. The Bertz CT molecular complexity index is 4210. The van der Waals surface area contributed by atoms with Crippen LogP contribution in [0.5, 0.6) is 11.5 Å². The van der Waals surface area contributed by atoms with Crippen LogP contribution >= 0.6 is 0 Å². The summed E-state index contributed by atoms with van der Waals surface area (Å²) in [6.07, 6.45) is -31.1. The van der Waals surface area contributed by atoms with E-state index in [0.29, 0.717) is 11.3 Å². The van der Waals surface area contributed by atoms with Gasteiger partial charge in [0.2, 0.25) is 18.1 Å². The summed E-state index contributed by atoms with van der Waals surface area (Å²) < 4.78 is 138. The lowest BCUT2D eigenvalue weighted by atomic mass is 9.87. The van der Waals surface area contributed by atoms with E-state index in [1.165, 1.54) is 14.0 Å². The highest BCUT2D eigenvalue weighted by atomic mass is 16.8. The lowest BCUT2D eigenvalue weighted by Crippen LogP contribution is -2.73. The molecule has 2 N–H and O–H groups in total. The molecule has 21 atom stereocenters. The Balaban J connectivity index is 1.19. The zero-order valence-corrected chi connectivity index (χ0v) is 67.4. The van der Waals surface area contributed by atoms with Gasteiger partial charge < -0.3 is 110 Å². The van der Waals surface area contributed by atoms with Gasteiger partial charge in [0.25, 0.3) is 5.79 Å². The van der Waals surface area contributed by atoms with Crippen LogP contribution in [0, 0.1) is 0 Å². The summed E-state index contributed by atoms with van der Waals surface area (Å²) in [7, 11) is 2.42. The molecule has 0 bridgehead atoms. The highest BCUT2D eigenvalue weighted by Gasteiger charge is 2.65. The van der Waals surface area contributed by atoms with Crippen molar-refractivity contribution in [3.05, 3.63) is 204 Å². The predicted molar refractivity (Wildman–Crippen MR) is 411 cm³/mol. The third-order valence-corrected chi connectivity index (χ3v) is 19.3. The fourth-order valence-electron chi connectivity index (χ4n) is 14.3. The minimum atomic E-state index is -3.14. The molecule has 4 aliphatic rings. The molecule has 4 heterocycles. The summed E-state index contributed by atoms with van der Waals surface area (Å²) in [5.41, 5.74) is 3.74. The molecule has 4 fully saturated rings. The zero-order valence-electron chi connectivity index (χ0n) is 67.4. The van der Waals surface area contributed by atoms with Crippen LogP contribution in [0.2, 0.25) is 0 Å². The molecule has 118 heavy (non-hydrogen) atoms. The lowest BCUT2D eigenvalue weighted by molar-refractivity contribution is -0.392. The van der Waals surface area contributed by atoms with Gasteiger partial charge in [0.15, 0.2) is 37.0 Å². The molecule has 0 saturated carbocycles. The number of ether oxygens (including phenoxy) is 21. The number of carbonyl (C=O) groups is 9. The molecule has 6 aromatic rings. The molecular weight excluding hydrogens is 1540 g/mol. The zero-order chi connectivity index (χ0) is 84.4. The van der Waals surface area contributed by atoms with E-state index in [9.17, 15) is 38.4 Å². The lowest BCUT2D eigenvalue weighted by Gasteiger charge is -2.53. The van der Waals surface area contributed by atoms with Crippen molar-refractivity contribution in [2.75, 3.05) is 34.0 Å². The molecule has 0 aromatic heterocycles. The molecule has 0 aliphatic carbocycles. The molecule has 32 nitrogen and oxygen atoms in total. The Hall–Kier alpha value is -10.3. The number of carbonyl (C=O) groups excluding carboxylic acids is 9. The summed E-state index contributed by atoms with van der Waals surface area (Å²) in [5, 5.41) is 5.66. The maximum absolute atomic E-state index is 15.6. The summed E-state index contributed by atoms with van der Waals surface area (Å²) in [6, 6.07) is 49.5. The Kier molecular flexibility index (Phi) is 33.5. The second-order valence-electron chi connectivity index (χ2n) is 28.5. The highest BCUT2D eigenvalue weighted by Crippen LogP contribution is 2.44. The average Bonchev–Trinajstić information content (AvgIpc) is 0.742. The van der Waals surface area contributed by atoms with Crippen LogP contribution in [0.4, 0.5) is 0 Å². The Morgan fingerprint density at radius 2 is 0.873 bits per heavy atom. The van der Waals surface area contributed by atoms with Crippen LogP contribution in [0.1, 0.15) is 96.6 Å². The van der Waals surface area contributed by atoms with Gasteiger partial charge in [0, 0.05) is 55.4 Å². The van der Waals surface area contributed by atoms with Crippen molar-refractivity contribution in [2.24, 2.45) is 0 Å². The van der Waals surface area contributed by atoms with E-state index in [0.717, 1.165) is 77.8 Å². The van der Waals surface area contributed by atoms with Gasteiger partial charge in [-0.3, -0.25) is 38.4 Å². The standard InChI is InChI=1S/C86H102N2O30/c1-50-72(103-44-61-31-21-14-22-32-61)78(104-45-62-33-23-15-24-34-62)80(105-46-63-35-25-16-26-36-63)83(106-50)116-76-71(88-52(3)90)82(112-65-39-37-64(98-10)38-40-65)113-67(47-100-42-59-27-17-12-18-28-59)73(76)115-84-81(111-58(9)96)79(75(110-57(8)95)68(114-84)48-101-43-60-29-19-13-20-30-60)118-86(85(97)99-11)41-66(107-54(5)92)70(87-51(2)89)77(117-86)74(109-56(7)94)69(108-55(6)93)49-102-53(4)91/h12-40,50,66-84H,41-49H2,1-11H3,(H,87,89)(H,88,90)/t50-,66-,67+,68+,69+,70+,71+,72+,73+,74+,75-,76+,77+,78+,79-,80-,81+,82+,83-,84-,86-/m0/s1.